The van der Waals surface area contributed by atoms with Crippen LogP contribution in [0.5, 0.6) is 0 Å². The van der Waals surface area contributed by atoms with E-state index < -0.39 is 0 Å². The van der Waals surface area contributed by atoms with Crippen molar-refractivity contribution in [3.05, 3.63) is 17.0 Å². The van der Waals surface area contributed by atoms with Crippen molar-refractivity contribution in [1.82, 2.24) is 10.1 Å². The van der Waals surface area contributed by atoms with Crippen LogP contribution >= 0.6 is 0 Å². The normalized spacial score (nSPS) is 21.2. The second-order valence-electron chi connectivity index (χ2n) is 4.79. The molecule has 2 rings (SSSR count). The van der Waals surface area contributed by atoms with Crippen LogP contribution in [0, 0.1) is 13.8 Å². The SMILES string of the molecule is Cc1noc(C)c1C(C)N1CCC(N)CC1. The van der Waals surface area contributed by atoms with Crippen LogP contribution in [-0.2, 0) is 0 Å². The van der Waals surface area contributed by atoms with Crippen molar-refractivity contribution >= 4 is 0 Å². The van der Waals surface area contributed by atoms with Crippen LogP contribution in [0.4, 0.5) is 0 Å². The minimum atomic E-state index is 0.383. The average Bonchev–Trinajstić information content (AvgIpc) is 2.59. The number of hydrogen-bond donors (Lipinski definition) is 1. The summed E-state index contributed by atoms with van der Waals surface area (Å²) in [5, 5.41) is 4.02. The van der Waals surface area contributed by atoms with E-state index in [1.54, 1.807) is 0 Å². The van der Waals surface area contributed by atoms with Gasteiger partial charge in [0, 0.05) is 30.7 Å². The first-order valence-electron chi connectivity index (χ1n) is 6.02. The van der Waals surface area contributed by atoms with Gasteiger partial charge in [-0.25, -0.2) is 0 Å². The smallest absolute Gasteiger partial charge is 0.138 e. The van der Waals surface area contributed by atoms with Crippen molar-refractivity contribution < 1.29 is 4.52 Å². The molecule has 2 N–H and O–H groups in total. The largest absolute Gasteiger partial charge is 0.361 e. The summed E-state index contributed by atoms with van der Waals surface area (Å²) in [6, 6.07) is 0.770. The van der Waals surface area contributed by atoms with E-state index in [1.165, 1.54) is 5.56 Å². The van der Waals surface area contributed by atoms with Crippen LogP contribution < -0.4 is 5.73 Å². The van der Waals surface area contributed by atoms with E-state index in [0.29, 0.717) is 12.1 Å². The fourth-order valence-corrected chi connectivity index (χ4v) is 2.58. The first-order chi connectivity index (χ1) is 7.59. The number of nitrogens with two attached hydrogens (primary N) is 1. The molecule has 0 bridgehead atoms. The molecule has 0 radical (unpaired) electrons. The molecule has 1 saturated heterocycles. The lowest BCUT2D eigenvalue weighted by Gasteiger charge is -2.34. The number of hydrogen-bond acceptors (Lipinski definition) is 4. The molecule has 0 amide bonds. The van der Waals surface area contributed by atoms with E-state index >= 15 is 0 Å². The average molecular weight is 223 g/mol. The number of nitrogens with zero attached hydrogens (tertiary/aromatic N) is 2. The van der Waals surface area contributed by atoms with Crippen molar-refractivity contribution in [3.63, 3.8) is 0 Å². The Hall–Kier alpha value is -0.870. The first kappa shape index (κ1) is 11.6. The Morgan fingerprint density at radius 2 is 2.00 bits per heavy atom. The lowest BCUT2D eigenvalue weighted by atomic mass is 10.00. The summed E-state index contributed by atoms with van der Waals surface area (Å²) in [6.45, 7) is 8.38. The summed E-state index contributed by atoms with van der Waals surface area (Å²) in [5.74, 6) is 0.944. The minimum Gasteiger partial charge on any atom is -0.361 e. The lowest BCUT2D eigenvalue weighted by Crippen LogP contribution is -2.41. The molecule has 1 aromatic rings. The molecule has 90 valence electrons. The zero-order chi connectivity index (χ0) is 11.7. The van der Waals surface area contributed by atoms with Gasteiger partial charge in [-0.2, -0.15) is 0 Å². The molecule has 4 heteroatoms. The molecule has 1 unspecified atom stereocenters. The molecule has 1 aliphatic rings. The van der Waals surface area contributed by atoms with Crippen molar-refractivity contribution in [2.24, 2.45) is 5.73 Å². The molecule has 1 aromatic heterocycles. The standard InChI is InChI=1S/C12H21N3O/c1-8-12(10(3)16-14-8)9(2)15-6-4-11(13)5-7-15/h9,11H,4-7,13H2,1-3H3. The second-order valence-corrected chi connectivity index (χ2v) is 4.79. The van der Waals surface area contributed by atoms with Gasteiger partial charge in [0.15, 0.2) is 0 Å². The third-order valence-electron chi connectivity index (χ3n) is 3.63. The van der Waals surface area contributed by atoms with Crippen molar-refractivity contribution in [2.75, 3.05) is 13.1 Å². The molecule has 0 spiro atoms. The summed E-state index contributed by atoms with van der Waals surface area (Å²) >= 11 is 0. The van der Waals surface area contributed by atoms with Gasteiger partial charge in [0.25, 0.3) is 0 Å². The Bertz CT molecular complexity index is 334. The van der Waals surface area contributed by atoms with Gasteiger partial charge in [-0.05, 0) is 33.6 Å². The fourth-order valence-electron chi connectivity index (χ4n) is 2.58. The molecular weight excluding hydrogens is 202 g/mol. The van der Waals surface area contributed by atoms with Crippen LogP contribution in [-0.4, -0.2) is 29.2 Å². The van der Waals surface area contributed by atoms with Crippen LogP contribution in [0.25, 0.3) is 0 Å². The Morgan fingerprint density at radius 3 is 2.50 bits per heavy atom. The highest BCUT2D eigenvalue weighted by molar-refractivity contribution is 5.24. The Balaban J connectivity index is 2.10. The summed E-state index contributed by atoms with van der Waals surface area (Å²) in [5.41, 5.74) is 8.18. The predicted molar refractivity (Wildman–Crippen MR) is 63.2 cm³/mol. The van der Waals surface area contributed by atoms with Gasteiger partial charge in [0.1, 0.15) is 5.76 Å². The number of rotatable bonds is 2. The zero-order valence-electron chi connectivity index (χ0n) is 10.4. The van der Waals surface area contributed by atoms with Crippen LogP contribution in [0.1, 0.15) is 42.8 Å². The molecule has 0 saturated carbocycles. The van der Waals surface area contributed by atoms with Gasteiger partial charge in [-0.1, -0.05) is 5.16 Å². The van der Waals surface area contributed by atoms with Crippen LogP contribution in [0.3, 0.4) is 0 Å². The summed E-state index contributed by atoms with van der Waals surface area (Å²) in [4.78, 5) is 2.47. The lowest BCUT2D eigenvalue weighted by molar-refractivity contribution is 0.162. The van der Waals surface area contributed by atoms with E-state index in [1.807, 2.05) is 13.8 Å². The molecule has 16 heavy (non-hydrogen) atoms. The topological polar surface area (TPSA) is 55.3 Å². The molecule has 2 heterocycles. The number of piperidine rings is 1. The molecule has 0 aliphatic carbocycles. The maximum absolute atomic E-state index is 5.92. The fraction of sp³-hybridized carbons (Fsp3) is 0.750. The van der Waals surface area contributed by atoms with Crippen molar-refractivity contribution in [2.45, 2.75) is 45.7 Å². The van der Waals surface area contributed by atoms with Crippen LogP contribution in [0.15, 0.2) is 4.52 Å². The first-order valence-corrected chi connectivity index (χ1v) is 6.02. The maximum Gasteiger partial charge on any atom is 0.138 e. The van der Waals surface area contributed by atoms with Gasteiger partial charge < -0.3 is 10.3 Å². The summed E-state index contributed by atoms with van der Waals surface area (Å²) < 4.78 is 5.23. The summed E-state index contributed by atoms with van der Waals surface area (Å²) in [7, 11) is 0. The Labute approximate surface area is 96.8 Å². The second kappa shape index (κ2) is 4.55. The third kappa shape index (κ3) is 2.13. The van der Waals surface area contributed by atoms with Gasteiger partial charge in [-0.3, -0.25) is 4.90 Å². The Kier molecular flexibility index (Phi) is 3.30. The molecule has 1 fully saturated rings. The monoisotopic (exact) mass is 223 g/mol. The van der Waals surface area contributed by atoms with E-state index in [4.69, 9.17) is 10.3 Å². The Morgan fingerprint density at radius 1 is 1.38 bits per heavy atom. The summed E-state index contributed by atoms with van der Waals surface area (Å²) in [6.07, 6.45) is 2.18. The third-order valence-corrected chi connectivity index (χ3v) is 3.63. The highest BCUT2D eigenvalue weighted by Gasteiger charge is 2.25. The highest BCUT2D eigenvalue weighted by Crippen LogP contribution is 2.28. The molecule has 4 nitrogen and oxygen atoms in total. The molecule has 0 aromatic carbocycles. The van der Waals surface area contributed by atoms with E-state index in [0.717, 1.165) is 37.4 Å². The van der Waals surface area contributed by atoms with Crippen LogP contribution in [0.2, 0.25) is 0 Å². The number of likely N-dealkylation sites (tertiary alicyclic amines) is 1. The van der Waals surface area contributed by atoms with Crippen molar-refractivity contribution in [1.29, 1.82) is 0 Å². The van der Waals surface area contributed by atoms with E-state index in [-0.39, 0.29) is 0 Å². The van der Waals surface area contributed by atoms with Crippen molar-refractivity contribution in [3.8, 4) is 0 Å². The van der Waals surface area contributed by atoms with E-state index in [9.17, 15) is 0 Å². The quantitative estimate of drug-likeness (QED) is 0.830. The maximum atomic E-state index is 5.92. The van der Waals surface area contributed by atoms with Gasteiger partial charge in [-0.15, -0.1) is 0 Å². The predicted octanol–water partition coefficient (Wildman–Crippen LogP) is 1.78. The van der Waals surface area contributed by atoms with Gasteiger partial charge >= 0.3 is 0 Å². The zero-order valence-corrected chi connectivity index (χ0v) is 10.4. The molecule has 1 aliphatic heterocycles. The number of aromatic nitrogens is 1. The molecular formula is C12H21N3O. The highest BCUT2D eigenvalue weighted by atomic mass is 16.5. The number of aryl methyl sites for hydroxylation is 2. The van der Waals surface area contributed by atoms with Gasteiger partial charge in [0.05, 0.1) is 5.69 Å². The van der Waals surface area contributed by atoms with Gasteiger partial charge in [0.2, 0.25) is 0 Å². The van der Waals surface area contributed by atoms with E-state index in [2.05, 4.69) is 17.0 Å². The minimum absolute atomic E-state index is 0.383. The molecule has 1 atom stereocenters.